The minimum Gasteiger partial charge on any atom is -0.398 e. The summed E-state index contributed by atoms with van der Waals surface area (Å²) in [5.41, 5.74) is 10.2. The highest BCUT2D eigenvalue weighted by atomic mass is 35.5. The number of aliphatic hydroxyl groups is 1. The van der Waals surface area contributed by atoms with Gasteiger partial charge < -0.3 is 10.8 Å². The summed E-state index contributed by atoms with van der Waals surface area (Å²) in [6.07, 6.45) is -0.720. The summed E-state index contributed by atoms with van der Waals surface area (Å²) in [6, 6.07) is 11.1. The first-order chi connectivity index (χ1) is 8.49. The predicted molar refractivity (Wildman–Crippen MR) is 75.8 cm³/mol. The molecule has 2 aromatic carbocycles. The van der Waals surface area contributed by atoms with E-state index in [4.69, 9.17) is 17.3 Å². The third-order valence-electron chi connectivity index (χ3n) is 3.06. The van der Waals surface area contributed by atoms with E-state index in [2.05, 4.69) is 0 Å². The number of benzene rings is 2. The van der Waals surface area contributed by atoms with Crippen LogP contribution in [-0.2, 0) is 0 Å². The van der Waals surface area contributed by atoms with Crippen LogP contribution >= 0.6 is 11.6 Å². The van der Waals surface area contributed by atoms with Crippen LogP contribution in [0.4, 0.5) is 5.69 Å². The number of hydrogen-bond acceptors (Lipinski definition) is 2. The molecule has 0 saturated carbocycles. The van der Waals surface area contributed by atoms with Crippen molar-refractivity contribution in [3.63, 3.8) is 0 Å². The summed E-state index contributed by atoms with van der Waals surface area (Å²) >= 11 is 5.86. The Hall–Kier alpha value is -1.51. The molecule has 0 fully saturated rings. The van der Waals surface area contributed by atoms with Gasteiger partial charge in [-0.2, -0.15) is 0 Å². The van der Waals surface area contributed by atoms with Crippen LogP contribution in [0, 0.1) is 13.8 Å². The lowest BCUT2D eigenvalue weighted by Gasteiger charge is -2.16. The molecule has 2 aromatic rings. The van der Waals surface area contributed by atoms with E-state index in [9.17, 15) is 5.11 Å². The molecule has 94 valence electrons. The van der Waals surface area contributed by atoms with Crippen molar-refractivity contribution >= 4 is 17.3 Å². The van der Waals surface area contributed by atoms with Crippen molar-refractivity contribution in [2.45, 2.75) is 20.0 Å². The van der Waals surface area contributed by atoms with Crippen LogP contribution in [-0.4, -0.2) is 5.11 Å². The molecule has 0 bridgehead atoms. The molecule has 2 nitrogen and oxygen atoms in total. The second-order valence-corrected chi connectivity index (χ2v) is 4.97. The Bertz CT molecular complexity index is 529. The summed E-state index contributed by atoms with van der Waals surface area (Å²) in [4.78, 5) is 0. The first kappa shape index (κ1) is 12.9. The van der Waals surface area contributed by atoms with Gasteiger partial charge in [-0.15, -0.1) is 0 Å². The number of nitrogen functional groups attached to an aromatic ring is 1. The molecule has 1 atom stereocenters. The number of halogens is 1. The molecule has 1 unspecified atom stereocenters. The number of anilines is 1. The van der Waals surface area contributed by atoms with E-state index in [1.165, 1.54) is 5.56 Å². The molecule has 0 spiro atoms. The van der Waals surface area contributed by atoms with Gasteiger partial charge >= 0.3 is 0 Å². The van der Waals surface area contributed by atoms with Crippen LogP contribution in [0.1, 0.15) is 28.4 Å². The molecule has 0 aliphatic rings. The van der Waals surface area contributed by atoms with Gasteiger partial charge in [0.05, 0.1) is 0 Å². The third-order valence-corrected chi connectivity index (χ3v) is 3.30. The number of nitrogens with two attached hydrogens (primary N) is 1. The molecule has 0 aliphatic heterocycles. The maximum Gasteiger partial charge on any atom is 0.106 e. The van der Waals surface area contributed by atoms with Gasteiger partial charge in [0.1, 0.15) is 6.10 Å². The van der Waals surface area contributed by atoms with Crippen molar-refractivity contribution in [3.8, 4) is 0 Å². The van der Waals surface area contributed by atoms with Crippen molar-refractivity contribution in [1.29, 1.82) is 0 Å². The fourth-order valence-corrected chi connectivity index (χ4v) is 2.28. The Balaban J connectivity index is 2.44. The zero-order valence-electron chi connectivity index (χ0n) is 10.4. The largest absolute Gasteiger partial charge is 0.398 e. The lowest BCUT2D eigenvalue weighted by Crippen LogP contribution is -2.05. The average molecular weight is 262 g/mol. The molecule has 0 saturated heterocycles. The van der Waals surface area contributed by atoms with E-state index in [1.54, 1.807) is 18.2 Å². The van der Waals surface area contributed by atoms with E-state index in [1.807, 2.05) is 32.0 Å². The monoisotopic (exact) mass is 261 g/mol. The van der Waals surface area contributed by atoms with Crippen molar-refractivity contribution < 1.29 is 5.11 Å². The van der Waals surface area contributed by atoms with Crippen LogP contribution in [0.3, 0.4) is 0 Å². The lowest BCUT2D eigenvalue weighted by molar-refractivity contribution is 0.220. The van der Waals surface area contributed by atoms with Crippen LogP contribution in [0.2, 0.25) is 5.02 Å². The van der Waals surface area contributed by atoms with Gasteiger partial charge in [-0.3, -0.25) is 0 Å². The maximum absolute atomic E-state index is 10.4. The van der Waals surface area contributed by atoms with Crippen LogP contribution in [0.15, 0.2) is 36.4 Å². The van der Waals surface area contributed by atoms with Gasteiger partial charge in [0.15, 0.2) is 0 Å². The summed E-state index contributed by atoms with van der Waals surface area (Å²) in [5.74, 6) is 0. The molecule has 3 heteroatoms. The summed E-state index contributed by atoms with van der Waals surface area (Å²) in [6.45, 7) is 4.01. The van der Waals surface area contributed by atoms with Gasteiger partial charge in [0, 0.05) is 16.3 Å². The lowest BCUT2D eigenvalue weighted by atomic mass is 9.95. The topological polar surface area (TPSA) is 46.2 Å². The minimum atomic E-state index is -0.720. The zero-order valence-corrected chi connectivity index (χ0v) is 11.2. The van der Waals surface area contributed by atoms with Crippen LogP contribution in [0.5, 0.6) is 0 Å². The third kappa shape index (κ3) is 2.50. The van der Waals surface area contributed by atoms with E-state index in [0.29, 0.717) is 16.3 Å². The standard InChI is InChI=1S/C15H16ClNO/c1-9-3-5-12(10(2)7-9)15(18)13-6-4-11(16)8-14(13)17/h3-8,15,18H,17H2,1-2H3. The van der Waals surface area contributed by atoms with Gasteiger partial charge in [0.2, 0.25) is 0 Å². The summed E-state index contributed by atoms with van der Waals surface area (Å²) < 4.78 is 0. The van der Waals surface area contributed by atoms with E-state index < -0.39 is 6.10 Å². The van der Waals surface area contributed by atoms with E-state index in [0.717, 1.165) is 11.1 Å². The molecule has 0 aromatic heterocycles. The fourth-order valence-electron chi connectivity index (χ4n) is 2.09. The van der Waals surface area contributed by atoms with E-state index >= 15 is 0 Å². The highest BCUT2D eigenvalue weighted by molar-refractivity contribution is 6.30. The van der Waals surface area contributed by atoms with Crippen molar-refractivity contribution in [2.75, 3.05) is 5.73 Å². The number of hydrogen-bond donors (Lipinski definition) is 2. The van der Waals surface area contributed by atoms with Gasteiger partial charge in [-0.1, -0.05) is 41.4 Å². The summed E-state index contributed by atoms with van der Waals surface area (Å²) in [5, 5.41) is 11.0. The van der Waals surface area contributed by atoms with Crippen LogP contribution < -0.4 is 5.73 Å². The molecule has 18 heavy (non-hydrogen) atoms. The first-order valence-electron chi connectivity index (χ1n) is 5.79. The molecule has 0 radical (unpaired) electrons. The van der Waals surface area contributed by atoms with E-state index in [-0.39, 0.29) is 0 Å². The predicted octanol–water partition coefficient (Wildman–Crippen LogP) is 3.62. The van der Waals surface area contributed by atoms with Crippen molar-refractivity contribution in [3.05, 3.63) is 63.7 Å². The number of aliphatic hydroxyl groups excluding tert-OH is 1. The van der Waals surface area contributed by atoms with Crippen molar-refractivity contribution in [2.24, 2.45) is 0 Å². The average Bonchev–Trinajstić information content (AvgIpc) is 2.28. The molecule has 0 heterocycles. The second kappa shape index (κ2) is 5.01. The second-order valence-electron chi connectivity index (χ2n) is 4.54. The molecular formula is C15H16ClNO. The first-order valence-corrected chi connectivity index (χ1v) is 6.17. The molecule has 0 amide bonds. The quantitative estimate of drug-likeness (QED) is 0.811. The van der Waals surface area contributed by atoms with Gasteiger partial charge in [0.25, 0.3) is 0 Å². The fraction of sp³-hybridized carbons (Fsp3) is 0.200. The maximum atomic E-state index is 10.4. The Morgan fingerprint density at radius 1 is 1.06 bits per heavy atom. The normalized spacial score (nSPS) is 12.4. The number of rotatable bonds is 2. The van der Waals surface area contributed by atoms with Gasteiger partial charge in [-0.25, -0.2) is 0 Å². The molecular weight excluding hydrogens is 246 g/mol. The highest BCUT2D eigenvalue weighted by Crippen LogP contribution is 2.30. The molecule has 3 N–H and O–H groups in total. The molecule has 2 rings (SSSR count). The number of aryl methyl sites for hydroxylation is 2. The Labute approximate surface area is 112 Å². The zero-order chi connectivity index (χ0) is 13.3. The Kier molecular flexibility index (Phi) is 3.60. The summed E-state index contributed by atoms with van der Waals surface area (Å²) in [7, 11) is 0. The highest BCUT2D eigenvalue weighted by Gasteiger charge is 2.15. The van der Waals surface area contributed by atoms with Crippen molar-refractivity contribution in [1.82, 2.24) is 0 Å². The molecule has 0 aliphatic carbocycles. The Morgan fingerprint density at radius 2 is 1.72 bits per heavy atom. The van der Waals surface area contributed by atoms with Crippen LogP contribution in [0.25, 0.3) is 0 Å². The smallest absolute Gasteiger partial charge is 0.106 e. The minimum absolute atomic E-state index is 0.509. The van der Waals surface area contributed by atoms with Gasteiger partial charge in [-0.05, 0) is 37.1 Å². The SMILES string of the molecule is Cc1ccc(C(O)c2ccc(Cl)cc2N)c(C)c1. The Morgan fingerprint density at radius 3 is 2.33 bits per heavy atom.